The van der Waals surface area contributed by atoms with Crippen molar-refractivity contribution in [1.82, 2.24) is 15.1 Å². The molecule has 1 fully saturated rings. The van der Waals surface area contributed by atoms with Gasteiger partial charge >= 0.3 is 5.97 Å². The Kier molecular flexibility index (Phi) is 6.40. The third-order valence-electron chi connectivity index (χ3n) is 6.22. The molecule has 0 radical (unpaired) electrons. The van der Waals surface area contributed by atoms with Crippen molar-refractivity contribution in [1.29, 1.82) is 0 Å². The molecule has 4 rings (SSSR count). The van der Waals surface area contributed by atoms with Crippen LogP contribution in [0.4, 0.5) is 5.69 Å². The molecule has 0 saturated heterocycles. The highest BCUT2D eigenvalue weighted by atomic mass is 16.5. The maximum atomic E-state index is 13.7. The van der Waals surface area contributed by atoms with Crippen LogP contribution in [0.3, 0.4) is 0 Å². The molecule has 2 aromatic rings. The Bertz CT molecular complexity index is 1040. The fraction of sp³-hybridized carbons (Fsp3) is 0.500. The van der Waals surface area contributed by atoms with Crippen LogP contribution in [-0.4, -0.2) is 52.4 Å². The predicted molar refractivity (Wildman–Crippen MR) is 121 cm³/mol. The average molecular weight is 455 g/mol. The molecule has 9 nitrogen and oxygen atoms in total. The first-order chi connectivity index (χ1) is 15.9. The number of esters is 1. The molecule has 2 amide bonds. The second kappa shape index (κ2) is 9.25. The number of ether oxygens (including phenoxy) is 2. The van der Waals surface area contributed by atoms with Crippen LogP contribution in [-0.2, 0) is 16.1 Å². The molecule has 1 saturated carbocycles. The van der Waals surface area contributed by atoms with Crippen LogP contribution in [0.5, 0.6) is 5.75 Å². The maximum absolute atomic E-state index is 13.7. The molecule has 0 spiro atoms. The highest BCUT2D eigenvalue weighted by Crippen LogP contribution is 2.34. The zero-order valence-corrected chi connectivity index (χ0v) is 19.3. The van der Waals surface area contributed by atoms with Crippen molar-refractivity contribution in [3.8, 4) is 5.75 Å². The summed E-state index contributed by atoms with van der Waals surface area (Å²) in [6.45, 7) is 6.18. The van der Waals surface area contributed by atoms with Crippen molar-refractivity contribution in [2.24, 2.45) is 0 Å². The quantitative estimate of drug-likeness (QED) is 0.646. The summed E-state index contributed by atoms with van der Waals surface area (Å²) in [5.41, 5.74) is -0.388. The molecule has 176 valence electrons. The fourth-order valence-electron chi connectivity index (χ4n) is 4.56. The third kappa shape index (κ3) is 4.31. The summed E-state index contributed by atoms with van der Waals surface area (Å²) in [6, 6.07) is 8.61. The van der Waals surface area contributed by atoms with Crippen LogP contribution < -0.4 is 15.0 Å². The molecule has 1 aromatic carbocycles. The average Bonchev–Trinajstić information content (AvgIpc) is 3.45. The van der Waals surface area contributed by atoms with Gasteiger partial charge in [0.1, 0.15) is 17.0 Å². The lowest BCUT2D eigenvalue weighted by Crippen LogP contribution is -2.65. The van der Waals surface area contributed by atoms with Gasteiger partial charge in [0.25, 0.3) is 5.91 Å². The van der Waals surface area contributed by atoms with Gasteiger partial charge in [-0.3, -0.25) is 19.2 Å². The number of hydrogen-bond acceptors (Lipinski definition) is 6. The molecule has 1 N–H and O–H groups in total. The van der Waals surface area contributed by atoms with E-state index in [1.54, 1.807) is 38.1 Å². The highest BCUT2D eigenvalue weighted by molar-refractivity contribution is 6.12. The summed E-state index contributed by atoms with van der Waals surface area (Å²) in [5, 5.41) is 7.42. The van der Waals surface area contributed by atoms with E-state index in [9.17, 15) is 14.4 Å². The van der Waals surface area contributed by atoms with Crippen LogP contribution in [0.15, 0.2) is 30.3 Å². The Morgan fingerprint density at radius 2 is 1.85 bits per heavy atom. The standard InChI is InChI=1S/C24H30N4O5/c1-4-32-18-12-10-17(11-13-18)28-21(29)20-14-19(22(30)33-5-2)26-27(20)15-24(28,3)23(31)25-16-8-6-7-9-16/h10-14,16H,4-9,15H2,1-3H3,(H,25,31)/t24-/m1/s1. The summed E-state index contributed by atoms with van der Waals surface area (Å²) in [7, 11) is 0. The highest BCUT2D eigenvalue weighted by Gasteiger charge is 2.49. The number of fused-ring (bicyclic) bond motifs is 1. The Labute approximate surface area is 193 Å². The first-order valence-corrected chi connectivity index (χ1v) is 11.5. The van der Waals surface area contributed by atoms with Crippen LogP contribution in [0.1, 0.15) is 67.4 Å². The molecular weight excluding hydrogens is 424 g/mol. The minimum Gasteiger partial charge on any atom is -0.494 e. The summed E-state index contributed by atoms with van der Waals surface area (Å²) < 4.78 is 12.0. The second-order valence-electron chi connectivity index (χ2n) is 8.59. The lowest BCUT2D eigenvalue weighted by Gasteiger charge is -2.43. The van der Waals surface area contributed by atoms with Crippen molar-refractivity contribution in [3.63, 3.8) is 0 Å². The largest absolute Gasteiger partial charge is 0.494 e. The van der Waals surface area contributed by atoms with E-state index in [0.717, 1.165) is 25.7 Å². The van der Waals surface area contributed by atoms with Gasteiger partial charge in [-0.05, 0) is 57.9 Å². The maximum Gasteiger partial charge on any atom is 0.358 e. The molecule has 33 heavy (non-hydrogen) atoms. The zero-order chi connectivity index (χ0) is 23.6. The monoisotopic (exact) mass is 454 g/mol. The molecule has 2 aliphatic rings. The molecular formula is C24H30N4O5. The van der Waals surface area contributed by atoms with Crippen LogP contribution in [0.25, 0.3) is 0 Å². The molecule has 0 unspecified atom stereocenters. The van der Waals surface area contributed by atoms with E-state index in [0.29, 0.717) is 18.0 Å². The summed E-state index contributed by atoms with van der Waals surface area (Å²) in [4.78, 5) is 41.0. The van der Waals surface area contributed by atoms with Crippen LogP contribution >= 0.6 is 0 Å². The van der Waals surface area contributed by atoms with Crippen molar-refractivity contribution in [2.75, 3.05) is 18.1 Å². The minimum absolute atomic E-state index is 0.0484. The smallest absolute Gasteiger partial charge is 0.358 e. The van der Waals surface area contributed by atoms with Crippen molar-refractivity contribution >= 4 is 23.5 Å². The van der Waals surface area contributed by atoms with Gasteiger partial charge in [0.15, 0.2) is 5.69 Å². The Balaban J connectivity index is 1.73. The number of amides is 2. The molecule has 1 aromatic heterocycles. The molecule has 1 aliphatic carbocycles. The summed E-state index contributed by atoms with van der Waals surface area (Å²) in [5.74, 6) is -0.567. The molecule has 0 bridgehead atoms. The Morgan fingerprint density at radius 3 is 2.48 bits per heavy atom. The van der Waals surface area contributed by atoms with E-state index in [-0.39, 0.29) is 36.5 Å². The Hall–Kier alpha value is -3.36. The number of nitrogens with zero attached hydrogens (tertiary/aromatic N) is 3. The van der Waals surface area contributed by atoms with Crippen molar-refractivity contribution in [3.05, 3.63) is 41.7 Å². The van der Waals surface area contributed by atoms with Crippen LogP contribution in [0, 0.1) is 0 Å². The number of anilines is 1. The van der Waals surface area contributed by atoms with E-state index in [1.165, 1.54) is 15.6 Å². The van der Waals surface area contributed by atoms with Gasteiger partial charge in [0.2, 0.25) is 5.91 Å². The van der Waals surface area contributed by atoms with Gasteiger partial charge in [0.05, 0.1) is 19.8 Å². The number of benzene rings is 1. The lowest BCUT2D eigenvalue weighted by atomic mass is 9.93. The van der Waals surface area contributed by atoms with E-state index >= 15 is 0 Å². The first kappa shape index (κ1) is 22.8. The van der Waals surface area contributed by atoms with E-state index in [4.69, 9.17) is 9.47 Å². The summed E-state index contributed by atoms with van der Waals surface area (Å²) >= 11 is 0. The van der Waals surface area contributed by atoms with Gasteiger partial charge in [-0.25, -0.2) is 4.79 Å². The number of carbonyl (C=O) groups is 3. The van der Waals surface area contributed by atoms with E-state index in [1.807, 2.05) is 6.92 Å². The molecule has 9 heteroatoms. The molecule has 1 aliphatic heterocycles. The van der Waals surface area contributed by atoms with Gasteiger partial charge in [-0.15, -0.1) is 0 Å². The topological polar surface area (TPSA) is 103 Å². The van der Waals surface area contributed by atoms with Gasteiger partial charge in [-0.2, -0.15) is 5.10 Å². The predicted octanol–water partition coefficient (Wildman–Crippen LogP) is 2.94. The van der Waals surface area contributed by atoms with Gasteiger partial charge < -0.3 is 14.8 Å². The Morgan fingerprint density at radius 1 is 1.15 bits per heavy atom. The number of hydrogen-bond donors (Lipinski definition) is 1. The van der Waals surface area contributed by atoms with Crippen LogP contribution in [0.2, 0.25) is 0 Å². The van der Waals surface area contributed by atoms with Crippen molar-refractivity contribution < 1.29 is 23.9 Å². The zero-order valence-electron chi connectivity index (χ0n) is 19.3. The van der Waals surface area contributed by atoms with Gasteiger partial charge in [-0.1, -0.05) is 12.8 Å². The third-order valence-corrected chi connectivity index (χ3v) is 6.22. The number of nitrogens with one attached hydrogen (secondary N) is 1. The molecule has 2 heterocycles. The normalized spacial score (nSPS) is 20.5. The van der Waals surface area contributed by atoms with Gasteiger partial charge in [0, 0.05) is 17.8 Å². The van der Waals surface area contributed by atoms with E-state index in [2.05, 4.69) is 10.4 Å². The number of carbonyl (C=O) groups excluding carboxylic acids is 3. The SMILES string of the molecule is CCOC(=O)c1cc2n(n1)C[C@](C)(C(=O)NC1CCCC1)N(c1ccc(OCC)cc1)C2=O. The van der Waals surface area contributed by atoms with Crippen molar-refractivity contribution in [2.45, 2.75) is 64.6 Å². The summed E-state index contributed by atoms with van der Waals surface area (Å²) in [6.07, 6.45) is 4.02. The number of rotatable bonds is 7. The molecule has 1 atom stereocenters. The lowest BCUT2D eigenvalue weighted by molar-refractivity contribution is -0.127. The fourth-order valence-corrected chi connectivity index (χ4v) is 4.56. The van der Waals surface area contributed by atoms with E-state index < -0.39 is 17.4 Å². The minimum atomic E-state index is -1.24. The first-order valence-electron chi connectivity index (χ1n) is 11.5. The number of aromatic nitrogens is 2. The second-order valence-corrected chi connectivity index (χ2v) is 8.59.